The third-order valence-electron chi connectivity index (χ3n) is 3.20. The molecular weight excluding hydrogens is 288 g/mol. The zero-order chi connectivity index (χ0) is 15.2. The Hall–Kier alpha value is -1.79. The van der Waals surface area contributed by atoms with Crippen molar-refractivity contribution in [2.24, 2.45) is 0 Å². The summed E-state index contributed by atoms with van der Waals surface area (Å²) in [6.07, 6.45) is 1.81. The van der Waals surface area contributed by atoms with E-state index in [9.17, 15) is 4.79 Å². The number of nitrogens with two attached hydrogens (primary N) is 1. The number of nitrogens with one attached hydrogen (secondary N) is 1. The van der Waals surface area contributed by atoms with Gasteiger partial charge in [0.05, 0.1) is 12.8 Å². The Labute approximate surface area is 128 Å². The molecule has 0 unspecified atom stereocenters. The van der Waals surface area contributed by atoms with Crippen LogP contribution in [0.3, 0.4) is 0 Å². The smallest absolute Gasteiger partial charge is 0.263 e. The van der Waals surface area contributed by atoms with Gasteiger partial charge in [0.2, 0.25) is 0 Å². The second kappa shape index (κ2) is 7.28. The maximum absolute atomic E-state index is 12.2. The van der Waals surface area contributed by atoms with Crippen LogP contribution in [0, 0.1) is 0 Å². The Morgan fingerprint density at radius 2 is 2.14 bits per heavy atom. The number of unbranched alkanes of at least 4 members (excludes halogenated alkanes) is 1. The summed E-state index contributed by atoms with van der Waals surface area (Å²) in [5.74, 6) is 0.639. The molecule has 6 heteroatoms. The third kappa shape index (κ3) is 3.65. The van der Waals surface area contributed by atoms with Gasteiger partial charge in [0.15, 0.2) is 0 Å². The maximum Gasteiger partial charge on any atom is 0.263 e. The normalized spacial score (nSPS) is 10.8. The molecule has 0 saturated carbocycles. The van der Waals surface area contributed by atoms with Crippen LogP contribution in [0.4, 0.5) is 5.69 Å². The molecular formula is C15H20N2O3S. The van der Waals surface area contributed by atoms with Crippen molar-refractivity contribution in [3.05, 3.63) is 23.1 Å². The first-order valence-corrected chi connectivity index (χ1v) is 7.62. The maximum atomic E-state index is 12.2. The zero-order valence-electron chi connectivity index (χ0n) is 12.3. The van der Waals surface area contributed by atoms with E-state index < -0.39 is 0 Å². The van der Waals surface area contributed by atoms with Gasteiger partial charge in [-0.25, -0.2) is 0 Å². The van der Waals surface area contributed by atoms with E-state index >= 15 is 0 Å². The van der Waals surface area contributed by atoms with Crippen LogP contribution in [0.2, 0.25) is 0 Å². The third-order valence-corrected chi connectivity index (χ3v) is 4.37. The fourth-order valence-corrected chi connectivity index (χ4v) is 3.11. The van der Waals surface area contributed by atoms with E-state index in [4.69, 9.17) is 15.2 Å². The first-order chi connectivity index (χ1) is 10.2. The van der Waals surface area contributed by atoms with Crippen LogP contribution in [0.15, 0.2) is 18.2 Å². The van der Waals surface area contributed by atoms with Crippen molar-refractivity contribution in [2.75, 3.05) is 33.1 Å². The summed E-state index contributed by atoms with van der Waals surface area (Å²) < 4.78 is 11.1. The fourth-order valence-electron chi connectivity index (χ4n) is 2.05. The highest BCUT2D eigenvalue weighted by Gasteiger charge is 2.16. The Bertz CT molecular complexity index is 625. The summed E-state index contributed by atoms with van der Waals surface area (Å²) >= 11 is 1.39. The molecule has 1 aromatic carbocycles. The number of fused-ring (bicyclic) bond motifs is 1. The number of anilines is 1. The SMILES string of the molecule is COCCCCNC(=O)c1sc2cc(OC)ccc2c1N. The zero-order valence-corrected chi connectivity index (χ0v) is 13.1. The minimum atomic E-state index is -0.120. The summed E-state index contributed by atoms with van der Waals surface area (Å²) in [5.41, 5.74) is 6.61. The van der Waals surface area contributed by atoms with Gasteiger partial charge in [-0.15, -0.1) is 11.3 Å². The second-order valence-electron chi connectivity index (χ2n) is 4.66. The highest BCUT2D eigenvalue weighted by atomic mass is 32.1. The first-order valence-electron chi connectivity index (χ1n) is 6.80. The molecule has 1 heterocycles. The van der Waals surface area contributed by atoms with Crippen molar-refractivity contribution >= 4 is 33.0 Å². The Kier molecular flexibility index (Phi) is 5.41. The van der Waals surface area contributed by atoms with Crippen LogP contribution in [-0.4, -0.2) is 33.3 Å². The van der Waals surface area contributed by atoms with Gasteiger partial charge < -0.3 is 20.5 Å². The van der Waals surface area contributed by atoms with Gasteiger partial charge in [0, 0.05) is 30.3 Å². The number of hydrogen-bond acceptors (Lipinski definition) is 5. The standard InChI is InChI=1S/C15H20N2O3S/c1-19-8-4-3-7-17-15(18)14-13(16)11-6-5-10(20-2)9-12(11)21-14/h5-6,9H,3-4,7-8,16H2,1-2H3,(H,17,18). The van der Waals surface area contributed by atoms with Crippen molar-refractivity contribution < 1.29 is 14.3 Å². The van der Waals surface area contributed by atoms with Crippen molar-refractivity contribution in [3.8, 4) is 5.75 Å². The van der Waals surface area contributed by atoms with E-state index in [1.165, 1.54) is 11.3 Å². The summed E-state index contributed by atoms with van der Waals surface area (Å²) in [6.45, 7) is 1.33. The van der Waals surface area contributed by atoms with Crippen LogP contribution >= 0.6 is 11.3 Å². The average molecular weight is 308 g/mol. The van der Waals surface area contributed by atoms with Crippen LogP contribution in [0.25, 0.3) is 10.1 Å². The quantitative estimate of drug-likeness (QED) is 0.771. The minimum Gasteiger partial charge on any atom is -0.497 e. The van der Waals surface area contributed by atoms with Crippen LogP contribution in [-0.2, 0) is 4.74 Å². The highest BCUT2D eigenvalue weighted by Crippen LogP contribution is 2.35. The summed E-state index contributed by atoms with van der Waals surface area (Å²) in [6, 6.07) is 5.62. The molecule has 0 bridgehead atoms. The first kappa shape index (κ1) is 15.6. The van der Waals surface area contributed by atoms with Gasteiger partial charge in [-0.2, -0.15) is 0 Å². The molecule has 2 rings (SSSR count). The monoisotopic (exact) mass is 308 g/mol. The van der Waals surface area contributed by atoms with Crippen molar-refractivity contribution in [2.45, 2.75) is 12.8 Å². The number of carbonyl (C=O) groups excluding carboxylic acids is 1. The van der Waals surface area contributed by atoms with E-state index in [0.29, 0.717) is 23.7 Å². The summed E-state index contributed by atoms with van der Waals surface area (Å²) in [5, 5.41) is 3.79. The lowest BCUT2D eigenvalue weighted by atomic mass is 10.2. The van der Waals surface area contributed by atoms with E-state index in [2.05, 4.69) is 5.32 Å². The number of rotatable bonds is 7. The number of carbonyl (C=O) groups is 1. The van der Waals surface area contributed by atoms with E-state index in [1.54, 1.807) is 14.2 Å². The van der Waals surface area contributed by atoms with Gasteiger partial charge in [-0.3, -0.25) is 4.79 Å². The average Bonchev–Trinajstić information content (AvgIpc) is 2.83. The molecule has 114 valence electrons. The van der Waals surface area contributed by atoms with Gasteiger partial charge in [0.1, 0.15) is 10.6 Å². The van der Waals surface area contributed by atoms with Crippen molar-refractivity contribution in [1.29, 1.82) is 0 Å². The molecule has 0 fully saturated rings. The number of benzene rings is 1. The molecule has 0 saturated heterocycles. The van der Waals surface area contributed by atoms with E-state index in [0.717, 1.165) is 28.7 Å². The lowest BCUT2D eigenvalue weighted by Crippen LogP contribution is -2.24. The van der Waals surface area contributed by atoms with Crippen molar-refractivity contribution in [1.82, 2.24) is 5.32 Å². The van der Waals surface area contributed by atoms with Gasteiger partial charge >= 0.3 is 0 Å². The molecule has 0 atom stereocenters. The molecule has 0 aliphatic heterocycles. The molecule has 0 aliphatic rings. The molecule has 0 spiro atoms. The molecule has 0 aliphatic carbocycles. The molecule has 1 aromatic heterocycles. The van der Waals surface area contributed by atoms with Crippen LogP contribution in [0.5, 0.6) is 5.75 Å². The number of hydrogen-bond donors (Lipinski definition) is 2. The van der Waals surface area contributed by atoms with Gasteiger partial charge in [-0.1, -0.05) is 0 Å². The number of nitrogen functional groups attached to an aromatic ring is 1. The molecule has 1 amide bonds. The number of thiophene rings is 1. The number of amides is 1. The number of ether oxygens (including phenoxy) is 2. The minimum absolute atomic E-state index is 0.120. The van der Waals surface area contributed by atoms with Crippen molar-refractivity contribution in [3.63, 3.8) is 0 Å². The Balaban J connectivity index is 2.07. The highest BCUT2D eigenvalue weighted by molar-refractivity contribution is 7.21. The lowest BCUT2D eigenvalue weighted by molar-refractivity contribution is 0.0956. The van der Waals surface area contributed by atoms with Crippen LogP contribution < -0.4 is 15.8 Å². The van der Waals surface area contributed by atoms with E-state index in [1.807, 2.05) is 18.2 Å². The van der Waals surface area contributed by atoms with E-state index in [-0.39, 0.29) is 5.91 Å². The Morgan fingerprint density at radius 3 is 2.86 bits per heavy atom. The molecule has 2 aromatic rings. The molecule has 3 N–H and O–H groups in total. The molecule has 21 heavy (non-hydrogen) atoms. The number of methoxy groups -OCH3 is 2. The topological polar surface area (TPSA) is 73.6 Å². The van der Waals surface area contributed by atoms with Gasteiger partial charge in [-0.05, 0) is 31.0 Å². The Morgan fingerprint density at radius 1 is 1.33 bits per heavy atom. The summed E-state index contributed by atoms with van der Waals surface area (Å²) in [4.78, 5) is 12.7. The van der Waals surface area contributed by atoms with Gasteiger partial charge in [0.25, 0.3) is 5.91 Å². The molecule has 5 nitrogen and oxygen atoms in total. The predicted molar refractivity (Wildman–Crippen MR) is 86.2 cm³/mol. The van der Waals surface area contributed by atoms with Crippen LogP contribution in [0.1, 0.15) is 22.5 Å². The predicted octanol–water partition coefficient (Wildman–Crippen LogP) is 2.65. The summed E-state index contributed by atoms with van der Waals surface area (Å²) in [7, 11) is 3.29. The molecule has 0 radical (unpaired) electrons. The fraction of sp³-hybridized carbons (Fsp3) is 0.400. The second-order valence-corrected chi connectivity index (χ2v) is 5.71. The lowest BCUT2D eigenvalue weighted by Gasteiger charge is -2.04. The largest absolute Gasteiger partial charge is 0.497 e.